The number of carbonyl (C=O) groups is 4. The summed E-state index contributed by atoms with van der Waals surface area (Å²) < 4.78 is 36.6. The summed E-state index contributed by atoms with van der Waals surface area (Å²) >= 11 is 0. The third-order valence-electron chi connectivity index (χ3n) is 8.20. The number of anilines is 2. The molecule has 1 spiro atoms. The van der Waals surface area contributed by atoms with Gasteiger partial charge in [0, 0.05) is 101 Å². The SMILES string of the molecule is CN(C)c1ccc2c(c1)Oc1cc(N(C)C)ccc1C21c2cc(C(=O)ON3C(=O)CCC3=O)ccc2C(=O)N1S(=O)(=O)N(C)C. The van der Waals surface area contributed by atoms with Gasteiger partial charge in [-0.15, -0.1) is 5.06 Å². The van der Waals surface area contributed by atoms with E-state index in [0.29, 0.717) is 27.7 Å². The van der Waals surface area contributed by atoms with Crippen molar-refractivity contribution in [2.75, 3.05) is 52.1 Å². The second kappa shape index (κ2) is 10.3. The van der Waals surface area contributed by atoms with Crippen LogP contribution < -0.4 is 14.5 Å². The minimum atomic E-state index is -4.48. The zero-order valence-electron chi connectivity index (χ0n) is 25.5. The first kappa shape index (κ1) is 30.1. The van der Waals surface area contributed by atoms with Gasteiger partial charge in [0.2, 0.25) is 0 Å². The van der Waals surface area contributed by atoms with E-state index in [4.69, 9.17) is 9.57 Å². The monoisotopic (exact) mass is 633 g/mol. The Balaban J connectivity index is 1.67. The van der Waals surface area contributed by atoms with Gasteiger partial charge in [0.05, 0.1) is 5.56 Å². The van der Waals surface area contributed by atoms with Gasteiger partial charge in [0.25, 0.3) is 17.7 Å². The molecule has 3 heterocycles. The van der Waals surface area contributed by atoms with Gasteiger partial charge < -0.3 is 19.4 Å². The van der Waals surface area contributed by atoms with Crippen molar-refractivity contribution in [3.8, 4) is 11.5 Å². The molecule has 0 radical (unpaired) electrons. The normalized spacial score (nSPS) is 16.5. The Morgan fingerprint density at radius 3 is 1.80 bits per heavy atom. The zero-order valence-corrected chi connectivity index (χ0v) is 26.3. The van der Waals surface area contributed by atoms with E-state index in [9.17, 15) is 27.6 Å². The average Bonchev–Trinajstić information content (AvgIpc) is 3.45. The smallest absolute Gasteiger partial charge is 0.363 e. The van der Waals surface area contributed by atoms with E-state index in [1.54, 1.807) is 36.4 Å². The molecule has 0 N–H and O–H groups in total. The molecule has 0 unspecified atom stereocenters. The number of ether oxygens (including phenoxy) is 1. The highest BCUT2D eigenvalue weighted by Gasteiger charge is 2.61. The quantitative estimate of drug-likeness (QED) is 0.373. The maximum atomic E-state index is 14.3. The molecule has 13 nitrogen and oxygen atoms in total. The van der Waals surface area contributed by atoms with Crippen molar-refractivity contribution in [1.29, 1.82) is 0 Å². The van der Waals surface area contributed by atoms with Gasteiger partial charge in [-0.1, -0.05) is 12.1 Å². The molecule has 1 fully saturated rings. The highest BCUT2D eigenvalue weighted by molar-refractivity contribution is 7.87. The number of nitrogens with zero attached hydrogens (tertiary/aromatic N) is 5. The van der Waals surface area contributed by atoms with Gasteiger partial charge in [-0.2, -0.15) is 12.7 Å². The van der Waals surface area contributed by atoms with Crippen molar-refractivity contribution < 1.29 is 37.2 Å². The lowest BCUT2D eigenvalue weighted by Gasteiger charge is -2.44. The Morgan fingerprint density at radius 2 is 1.31 bits per heavy atom. The number of hydroxylamine groups is 2. The summed E-state index contributed by atoms with van der Waals surface area (Å²) in [7, 11) is 5.59. The van der Waals surface area contributed by atoms with Crippen LogP contribution in [-0.4, -0.2) is 88.1 Å². The fourth-order valence-corrected chi connectivity index (χ4v) is 7.16. The minimum absolute atomic E-state index is 0.0393. The molecule has 1 saturated heterocycles. The lowest BCUT2D eigenvalue weighted by Crippen LogP contribution is -2.53. The molecule has 0 aromatic heterocycles. The van der Waals surface area contributed by atoms with Gasteiger partial charge >= 0.3 is 16.2 Å². The summed E-state index contributed by atoms with van der Waals surface area (Å²) in [6.45, 7) is 0. The molecule has 14 heteroatoms. The molecule has 0 bridgehead atoms. The van der Waals surface area contributed by atoms with Crippen LogP contribution in [0.3, 0.4) is 0 Å². The summed E-state index contributed by atoms with van der Waals surface area (Å²) in [6.07, 6.45) is -0.161. The first-order valence-corrected chi connectivity index (χ1v) is 15.4. The Labute approximate surface area is 260 Å². The number of hydrogen-bond acceptors (Lipinski definition) is 10. The fraction of sp³-hybridized carbons (Fsp3) is 0.290. The molecule has 3 amide bonds. The second-order valence-corrected chi connectivity index (χ2v) is 13.5. The fourth-order valence-electron chi connectivity index (χ4n) is 5.88. The largest absolute Gasteiger partial charge is 0.456 e. The van der Waals surface area contributed by atoms with Crippen molar-refractivity contribution in [2.45, 2.75) is 18.4 Å². The van der Waals surface area contributed by atoms with Crippen molar-refractivity contribution in [3.05, 3.63) is 82.4 Å². The van der Waals surface area contributed by atoms with Crippen LogP contribution in [0.15, 0.2) is 54.6 Å². The van der Waals surface area contributed by atoms with Gasteiger partial charge in [0.1, 0.15) is 17.0 Å². The van der Waals surface area contributed by atoms with Crippen LogP contribution >= 0.6 is 0 Å². The summed E-state index contributed by atoms with van der Waals surface area (Å²) in [5.74, 6) is -2.50. The van der Waals surface area contributed by atoms with E-state index in [0.717, 1.165) is 20.0 Å². The van der Waals surface area contributed by atoms with Crippen LogP contribution in [0, 0.1) is 0 Å². The summed E-state index contributed by atoms with van der Waals surface area (Å²) in [4.78, 5) is 60.8. The molecule has 6 rings (SSSR count). The predicted octanol–water partition coefficient (Wildman–Crippen LogP) is 2.70. The molecule has 3 aliphatic heterocycles. The number of carbonyl (C=O) groups excluding carboxylic acids is 4. The maximum Gasteiger partial charge on any atom is 0.363 e. The molecular weight excluding hydrogens is 602 g/mol. The Morgan fingerprint density at radius 1 is 0.778 bits per heavy atom. The highest BCUT2D eigenvalue weighted by atomic mass is 32.2. The Hall–Kier alpha value is -4.95. The Kier molecular flexibility index (Phi) is 6.89. The predicted molar refractivity (Wildman–Crippen MR) is 163 cm³/mol. The molecule has 0 aliphatic carbocycles. The molecule has 3 aliphatic rings. The van der Waals surface area contributed by atoms with E-state index in [-0.39, 0.29) is 29.5 Å². The lowest BCUT2D eigenvalue weighted by molar-refractivity contribution is -0.172. The topological polar surface area (TPSA) is 137 Å². The lowest BCUT2D eigenvalue weighted by atomic mass is 9.75. The van der Waals surface area contributed by atoms with E-state index in [2.05, 4.69) is 0 Å². The van der Waals surface area contributed by atoms with Gasteiger partial charge in [-0.05, 0) is 30.3 Å². The standard InChI is InChI=1S/C31H31N5O8S/c1-32(2)19-8-11-22-25(16-19)43-26-17-20(33(3)4)9-12-23(26)31(22)24-15-18(30(40)44-35-27(37)13-14-28(35)38)7-10-21(24)29(39)36(31)45(41,42)34(5)6/h7-12,15-17H,13-14H2,1-6H3. The zero-order chi connectivity index (χ0) is 32.6. The molecule has 3 aromatic carbocycles. The number of amides is 3. The highest BCUT2D eigenvalue weighted by Crippen LogP contribution is 2.59. The van der Waals surface area contributed by atoms with Crippen molar-refractivity contribution in [2.24, 2.45) is 0 Å². The van der Waals surface area contributed by atoms with Gasteiger partial charge in [-0.3, -0.25) is 14.4 Å². The van der Waals surface area contributed by atoms with Crippen LogP contribution in [0.25, 0.3) is 0 Å². The summed E-state index contributed by atoms with van der Waals surface area (Å²) in [5, 5.41) is 0.434. The van der Waals surface area contributed by atoms with Crippen LogP contribution in [0.4, 0.5) is 11.4 Å². The molecule has 234 valence electrons. The third-order valence-corrected chi connectivity index (χ3v) is 10.0. The average molecular weight is 634 g/mol. The van der Waals surface area contributed by atoms with Gasteiger partial charge in [-0.25, -0.2) is 9.10 Å². The third kappa shape index (κ3) is 4.35. The molecule has 0 atom stereocenters. The van der Waals surface area contributed by atoms with E-state index >= 15 is 0 Å². The van der Waals surface area contributed by atoms with Crippen LogP contribution in [0.1, 0.15) is 50.2 Å². The van der Waals surface area contributed by atoms with Crippen molar-refractivity contribution in [1.82, 2.24) is 13.7 Å². The van der Waals surface area contributed by atoms with E-state index in [1.165, 1.54) is 32.3 Å². The van der Waals surface area contributed by atoms with E-state index in [1.807, 2.05) is 38.0 Å². The number of fused-ring (bicyclic) bond motifs is 6. The van der Waals surface area contributed by atoms with E-state index < -0.39 is 39.4 Å². The minimum Gasteiger partial charge on any atom is -0.456 e. The summed E-state index contributed by atoms with van der Waals surface area (Å²) in [5.41, 5.74) is 0.549. The number of imide groups is 1. The molecular formula is C31H31N5O8S. The maximum absolute atomic E-state index is 14.3. The summed E-state index contributed by atoms with van der Waals surface area (Å²) in [6, 6.07) is 14.5. The molecule has 0 saturated carbocycles. The first-order valence-electron chi connectivity index (χ1n) is 14.0. The molecule has 45 heavy (non-hydrogen) atoms. The Bertz CT molecular complexity index is 1850. The van der Waals surface area contributed by atoms with Crippen LogP contribution in [-0.2, 0) is 30.2 Å². The van der Waals surface area contributed by atoms with Crippen molar-refractivity contribution >= 4 is 45.3 Å². The number of rotatable bonds is 6. The number of benzene rings is 3. The number of hydrogen-bond donors (Lipinski definition) is 0. The second-order valence-electron chi connectivity index (χ2n) is 11.5. The van der Waals surface area contributed by atoms with Gasteiger partial charge in [0.15, 0.2) is 0 Å². The first-order chi connectivity index (χ1) is 21.2. The van der Waals surface area contributed by atoms with Crippen LogP contribution in [0.2, 0.25) is 0 Å². The van der Waals surface area contributed by atoms with Crippen LogP contribution in [0.5, 0.6) is 11.5 Å². The van der Waals surface area contributed by atoms with Crippen molar-refractivity contribution in [3.63, 3.8) is 0 Å². The molecule has 3 aromatic rings.